The molecule has 0 fully saturated rings. The van der Waals surface area contributed by atoms with Crippen molar-refractivity contribution < 1.29 is 19.7 Å². The van der Waals surface area contributed by atoms with E-state index >= 15 is 0 Å². The maximum absolute atomic E-state index is 10.5. The Bertz CT molecular complexity index is 565. The number of carboxylic acid groups (broad SMARTS) is 1. The number of nitrogens with zero attached hydrogens (tertiary/aromatic N) is 1. The van der Waals surface area contributed by atoms with Crippen LogP contribution in [0.5, 0.6) is 11.5 Å². The summed E-state index contributed by atoms with van der Waals surface area (Å²) in [4.78, 5) is 14.6. The Hall–Kier alpha value is -2.30. The monoisotopic (exact) mass is 219 g/mol. The fourth-order valence-electron chi connectivity index (χ4n) is 1.48. The number of benzene rings is 1. The first kappa shape index (κ1) is 10.2. The highest BCUT2D eigenvalue weighted by atomic mass is 16.7. The standard InChI is InChI=1S/C11H9NO4/c1-6-9(13)10(16-11(14)15)7-4-2-3-5-8(7)12-6/h2-5,13H,1H3,(H,14,15). The molecule has 2 aromatic rings. The second-order valence-corrected chi connectivity index (χ2v) is 3.26. The summed E-state index contributed by atoms with van der Waals surface area (Å²) in [6, 6.07) is 6.85. The summed E-state index contributed by atoms with van der Waals surface area (Å²) in [5.41, 5.74) is 0.906. The van der Waals surface area contributed by atoms with Gasteiger partial charge < -0.3 is 14.9 Å². The molecule has 0 spiro atoms. The molecule has 1 aromatic heterocycles. The van der Waals surface area contributed by atoms with Crippen molar-refractivity contribution in [3.8, 4) is 11.5 Å². The first-order valence-corrected chi connectivity index (χ1v) is 4.58. The van der Waals surface area contributed by atoms with Crippen LogP contribution in [0, 0.1) is 6.92 Å². The second-order valence-electron chi connectivity index (χ2n) is 3.26. The minimum atomic E-state index is -1.47. The van der Waals surface area contributed by atoms with Crippen LogP contribution in [0.3, 0.4) is 0 Å². The Kier molecular flexibility index (Phi) is 2.36. The molecule has 2 rings (SSSR count). The van der Waals surface area contributed by atoms with Crippen LogP contribution in [0.1, 0.15) is 5.69 Å². The highest BCUT2D eigenvalue weighted by molar-refractivity contribution is 5.89. The first-order valence-electron chi connectivity index (χ1n) is 4.58. The van der Waals surface area contributed by atoms with Crippen molar-refractivity contribution in [2.75, 3.05) is 0 Å². The van der Waals surface area contributed by atoms with Crippen LogP contribution < -0.4 is 4.74 Å². The Balaban J connectivity index is 2.76. The summed E-state index contributed by atoms with van der Waals surface area (Å²) in [5, 5.41) is 18.7. The number of para-hydroxylation sites is 1. The van der Waals surface area contributed by atoms with Crippen molar-refractivity contribution in [3.63, 3.8) is 0 Å². The van der Waals surface area contributed by atoms with E-state index in [1.807, 2.05) is 0 Å². The van der Waals surface area contributed by atoms with E-state index in [4.69, 9.17) is 5.11 Å². The van der Waals surface area contributed by atoms with Crippen LogP contribution in [-0.2, 0) is 0 Å². The van der Waals surface area contributed by atoms with Crippen molar-refractivity contribution in [2.45, 2.75) is 6.92 Å². The van der Waals surface area contributed by atoms with Gasteiger partial charge in [0.2, 0.25) is 0 Å². The summed E-state index contributed by atoms with van der Waals surface area (Å²) < 4.78 is 4.57. The molecular weight excluding hydrogens is 210 g/mol. The van der Waals surface area contributed by atoms with E-state index in [-0.39, 0.29) is 11.5 Å². The molecule has 0 aliphatic heterocycles. The molecule has 0 amide bonds. The lowest BCUT2D eigenvalue weighted by Crippen LogP contribution is -2.04. The van der Waals surface area contributed by atoms with E-state index in [0.717, 1.165) is 0 Å². The third kappa shape index (κ3) is 1.63. The Morgan fingerprint density at radius 2 is 2.06 bits per heavy atom. The van der Waals surface area contributed by atoms with Gasteiger partial charge in [-0.15, -0.1) is 0 Å². The van der Waals surface area contributed by atoms with E-state index in [1.54, 1.807) is 31.2 Å². The number of carbonyl (C=O) groups is 1. The molecule has 1 aromatic carbocycles. The largest absolute Gasteiger partial charge is 0.511 e. The number of aromatic hydroxyl groups is 1. The summed E-state index contributed by atoms with van der Waals surface area (Å²) in [6.07, 6.45) is -1.47. The van der Waals surface area contributed by atoms with Gasteiger partial charge in [0.15, 0.2) is 11.5 Å². The summed E-state index contributed by atoms with van der Waals surface area (Å²) >= 11 is 0. The number of ether oxygens (including phenoxy) is 1. The van der Waals surface area contributed by atoms with Gasteiger partial charge in [0.05, 0.1) is 11.2 Å². The van der Waals surface area contributed by atoms with Crippen LogP contribution in [0.4, 0.5) is 4.79 Å². The topological polar surface area (TPSA) is 79.7 Å². The van der Waals surface area contributed by atoms with Crippen LogP contribution in [-0.4, -0.2) is 21.4 Å². The third-order valence-corrected chi connectivity index (χ3v) is 2.18. The van der Waals surface area contributed by atoms with Gasteiger partial charge in [0.1, 0.15) is 0 Å². The SMILES string of the molecule is Cc1nc2ccccc2c(OC(=O)O)c1O. The summed E-state index contributed by atoms with van der Waals surface area (Å²) in [6.45, 7) is 1.58. The quantitative estimate of drug-likeness (QED) is 0.719. The van der Waals surface area contributed by atoms with Gasteiger partial charge in [-0.05, 0) is 19.1 Å². The number of fused-ring (bicyclic) bond motifs is 1. The van der Waals surface area contributed by atoms with E-state index < -0.39 is 6.16 Å². The molecule has 0 bridgehead atoms. The predicted octanol–water partition coefficient (Wildman–Crippen LogP) is 2.31. The number of aryl methyl sites for hydroxylation is 1. The number of hydrogen-bond donors (Lipinski definition) is 2. The molecule has 0 atom stereocenters. The minimum absolute atomic E-state index is 0.0735. The molecule has 5 heteroatoms. The average molecular weight is 219 g/mol. The van der Waals surface area contributed by atoms with Crippen molar-refractivity contribution in [1.82, 2.24) is 4.98 Å². The maximum atomic E-state index is 10.5. The van der Waals surface area contributed by atoms with Crippen LogP contribution in [0.25, 0.3) is 10.9 Å². The molecular formula is C11H9NO4. The number of rotatable bonds is 1. The van der Waals surface area contributed by atoms with Gasteiger partial charge in [-0.25, -0.2) is 9.78 Å². The van der Waals surface area contributed by atoms with Gasteiger partial charge in [-0.1, -0.05) is 12.1 Å². The van der Waals surface area contributed by atoms with Crippen LogP contribution in [0.2, 0.25) is 0 Å². The van der Waals surface area contributed by atoms with Gasteiger partial charge in [-0.2, -0.15) is 0 Å². The third-order valence-electron chi connectivity index (χ3n) is 2.18. The Labute approximate surface area is 90.9 Å². The molecule has 5 nitrogen and oxygen atoms in total. The van der Waals surface area contributed by atoms with Crippen molar-refractivity contribution in [1.29, 1.82) is 0 Å². The molecule has 0 aliphatic rings. The van der Waals surface area contributed by atoms with Crippen LogP contribution >= 0.6 is 0 Å². The number of aromatic nitrogens is 1. The highest BCUT2D eigenvalue weighted by Gasteiger charge is 2.15. The normalized spacial score (nSPS) is 10.3. The fourth-order valence-corrected chi connectivity index (χ4v) is 1.48. The molecule has 82 valence electrons. The number of pyridine rings is 1. The Morgan fingerprint density at radius 3 is 2.75 bits per heavy atom. The Morgan fingerprint density at radius 1 is 1.38 bits per heavy atom. The summed E-state index contributed by atoms with van der Waals surface area (Å²) in [7, 11) is 0. The average Bonchev–Trinajstić information content (AvgIpc) is 2.24. The van der Waals surface area contributed by atoms with E-state index in [2.05, 4.69) is 9.72 Å². The van der Waals surface area contributed by atoms with Gasteiger partial charge in [0, 0.05) is 5.39 Å². The zero-order valence-electron chi connectivity index (χ0n) is 8.47. The lowest BCUT2D eigenvalue weighted by atomic mass is 10.1. The molecule has 0 aliphatic carbocycles. The van der Waals surface area contributed by atoms with Gasteiger partial charge in [-0.3, -0.25) is 0 Å². The highest BCUT2D eigenvalue weighted by Crippen LogP contribution is 2.35. The smallest absolute Gasteiger partial charge is 0.503 e. The van der Waals surface area contributed by atoms with Gasteiger partial charge in [0.25, 0.3) is 0 Å². The van der Waals surface area contributed by atoms with E-state index in [0.29, 0.717) is 16.6 Å². The van der Waals surface area contributed by atoms with E-state index in [9.17, 15) is 9.90 Å². The fraction of sp³-hybridized carbons (Fsp3) is 0.0909. The summed E-state index contributed by atoms with van der Waals surface area (Å²) in [5.74, 6) is -0.322. The predicted molar refractivity (Wildman–Crippen MR) is 56.8 cm³/mol. The van der Waals surface area contributed by atoms with Gasteiger partial charge >= 0.3 is 6.16 Å². The zero-order valence-corrected chi connectivity index (χ0v) is 8.47. The second kappa shape index (κ2) is 3.69. The molecule has 0 saturated heterocycles. The molecule has 0 radical (unpaired) electrons. The van der Waals surface area contributed by atoms with Crippen molar-refractivity contribution in [2.24, 2.45) is 0 Å². The molecule has 0 saturated carbocycles. The lowest BCUT2D eigenvalue weighted by Gasteiger charge is -2.08. The molecule has 2 N–H and O–H groups in total. The first-order chi connectivity index (χ1) is 7.59. The van der Waals surface area contributed by atoms with E-state index in [1.165, 1.54) is 0 Å². The van der Waals surface area contributed by atoms with Crippen LogP contribution in [0.15, 0.2) is 24.3 Å². The van der Waals surface area contributed by atoms with Crippen molar-refractivity contribution in [3.05, 3.63) is 30.0 Å². The lowest BCUT2D eigenvalue weighted by molar-refractivity contribution is 0.143. The molecule has 16 heavy (non-hydrogen) atoms. The maximum Gasteiger partial charge on any atom is 0.511 e. The van der Waals surface area contributed by atoms with Crippen molar-refractivity contribution >= 4 is 17.1 Å². The zero-order chi connectivity index (χ0) is 11.7. The minimum Gasteiger partial charge on any atom is -0.503 e. The molecule has 0 unspecified atom stereocenters. The number of hydrogen-bond acceptors (Lipinski definition) is 4. The molecule has 1 heterocycles.